The molecule has 0 fully saturated rings. The van der Waals surface area contributed by atoms with Crippen molar-refractivity contribution >= 4 is 11.8 Å². The van der Waals surface area contributed by atoms with E-state index in [1.165, 1.54) is 0 Å². The number of rotatable bonds is 5. The number of nitrogens with zero attached hydrogens (tertiary/aromatic N) is 1. The lowest BCUT2D eigenvalue weighted by Crippen LogP contribution is -2.40. The van der Waals surface area contributed by atoms with E-state index in [0.29, 0.717) is 13.1 Å². The Hall–Kier alpha value is -1.10. The summed E-state index contributed by atoms with van der Waals surface area (Å²) in [6.07, 6.45) is 0.845. The highest BCUT2D eigenvalue weighted by molar-refractivity contribution is 6.35. The molecule has 0 atom stereocenters. The van der Waals surface area contributed by atoms with Crippen LogP contribution in [-0.2, 0) is 9.59 Å². The quantitative estimate of drug-likeness (QED) is 0.452. The first kappa shape index (κ1) is 12.9. The van der Waals surface area contributed by atoms with E-state index in [1.807, 2.05) is 19.0 Å². The Morgan fingerprint density at radius 1 is 1.14 bits per heavy atom. The molecule has 0 aliphatic rings. The molecule has 0 aliphatic carbocycles. The Morgan fingerprint density at radius 3 is 2.21 bits per heavy atom. The monoisotopic (exact) mass is 201 g/mol. The third-order valence-electron chi connectivity index (χ3n) is 1.61. The molecule has 5 nitrogen and oxygen atoms in total. The number of amides is 2. The number of nitrogens with one attached hydrogen (secondary N) is 2. The van der Waals surface area contributed by atoms with Gasteiger partial charge in [0.05, 0.1) is 0 Å². The van der Waals surface area contributed by atoms with Gasteiger partial charge in [0.15, 0.2) is 0 Å². The predicted molar refractivity (Wildman–Crippen MR) is 54.9 cm³/mol. The lowest BCUT2D eigenvalue weighted by atomic mass is 10.4. The van der Waals surface area contributed by atoms with E-state index in [-0.39, 0.29) is 0 Å². The third-order valence-corrected chi connectivity index (χ3v) is 1.61. The summed E-state index contributed by atoms with van der Waals surface area (Å²) in [4.78, 5) is 24.0. The molecule has 2 N–H and O–H groups in total. The normalized spacial score (nSPS) is 10.0. The summed E-state index contributed by atoms with van der Waals surface area (Å²) in [7, 11) is 3.93. The number of hydrogen-bond acceptors (Lipinski definition) is 3. The molecule has 2 amide bonds. The molecule has 0 heterocycles. The fourth-order valence-electron chi connectivity index (χ4n) is 0.918. The summed E-state index contributed by atoms with van der Waals surface area (Å²) < 4.78 is 0. The van der Waals surface area contributed by atoms with Crippen molar-refractivity contribution in [3.8, 4) is 0 Å². The molecule has 0 saturated carbocycles. The molecule has 0 saturated heterocycles. The highest BCUT2D eigenvalue weighted by atomic mass is 16.2. The van der Waals surface area contributed by atoms with E-state index >= 15 is 0 Å². The molecule has 0 aromatic heterocycles. The highest BCUT2D eigenvalue weighted by Crippen LogP contribution is 1.80. The van der Waals surface area contributed by atoms with Crippen molar-refractivity contribution in [3.05, 3.63) is 0 Å². The minimum atomic E-state index is -0.558. The van der Waals surface area contributed by atoms with Gasteiger partial charge in [-0.05, 0) is 34.0 Å². The van der Waals surface area contributed by atoms with Crippen LogP contribution in [0.15, 0.2) is 0 Å². The van der Waals surface area contributed by atoms with Crippen LogP contribution in [0.25, 0.3) is 0 Å². The first-order chi connectivity index (χ1) is 6.57. The Bertz CT molecular complexity index is 192. The summed E-state index contributed by atoms with van der Waals surface area (Å²) in [5.41, 5.74) is 0. The molecule has 0 aromatic rings. The Labute approximate surface area is 84.8 Å². The fraction of sp³-hybridized carbons (Fsp3) is 0.778. The molecule has 0 spiro atoms. The van der Waals surface area contributed by atoms with E-state index in [9.17, 15) is 9.59 Å². The second kappa shape index (κ2) is 7.32. The molecule has 0 aromatic carbocycles. The maximum absolute atomic E-state index is 11.0. The van der Waals surface area contributed by atoms with Crippen LogP contribution >= 0.6 is 0 Å². The van der Waals surface area contributed by atoms with Gasteiger partial charge in [-0.25, -0.2) is 0 Å². The lowest BCUT2D eigenvalue weighted by molar-refractivity contribution is -0.139. The van der Waals surface area contributed by atoms with Crippen molar-refractivity contribution in [2.75, 3.05) is 33.7 Å². The van der Waals surface area contributed by atoms with Gasteiger partial charge < -0.3 is 15.5 Å². The zero-order chi connectivity index (χ0) is 11.0. The van der Waals surface area contributed by atoms with Gasteiger partial charge in [-0.1, -0.05) is 0 Å². The average Bonchev–Trinajstić information content (AvgIpc) is 2.12. The molecule has 0 rings (SSSR count). The maximum atomic E-state index is 11.0. The van der Waals surface area contributed by atoms with E-state index < -0.39 is 11.8 Å². The van der Waals surface area contributed by atoms with Crippen LogP contribution in [0.5, 0.6) is 0 Å². The summed E-state index contributed by atoms with van der Waals surface area (Å²) in [5, 5.41) is 4.98. The third kappa shape index (κ3) is 6.42. The van der Waals surface area contributed by atoms with Crippen molar-refractivity contribution in [2.24, 2.45) is 0 Å². The van der Waals surface area contributed by atoms with Crippen molar-refractivity contribution in [1.29, 1.82) is 0 Å². The van der Waals surface area contributed by atoms with E-state index in [1.54, 1.807) is 6.92 Å². The number of carbonyl (C=O) groups excluding carboxylic acids is 2. The van der Waals surface area contributed by atoms with Crippen LogP contribution < -0.4 is 10.6 Å². The van der Waals surface area contributed by atoms with Gasteiger partial charge in [-0.2, -0.15) is 0 Å². The largest absolute Gasteiger partial charge is 0.348 e. The molecule has 0 radical (unpaired) electrons. The van der Waals surface area contributed by atoms with E-state index in [0.717, 1.165) is 13.0 Å². The van der Waals surface area contributed by atoms with Crippen LogP contribution in [0.1, 0.15) is 13.3 Å². The highest BCUT2D eigenvalue weighted by Gasteiger charge is 2.10. The van der Waals surface area contributed by atoms with Gasteiger partial charge in [0.25, 0.3) is 0 Å². The molecule has 0 aliphatic heterocycles. The molecular formula is C9H19N3O2. The molecule has 14 heavy (non-hydrogen) atoms. The molecule has 82 valence electrons. The van der Waals surface area contributed by atoms with Crippen molar-refractivity contribution < 1.29 is 9.59 Å². The summed E-state index contributed by atoms with van der Waals surface area (Å²) >= 11 is 0. The fourth-order valence-corrected chi connectivity index (χ4v) is 0.918. The van der Waals surface area contributed by atoms with E-state index in [4.69, 9.17) is 0 Å². The van der Waals surface area contributed by atoms with Gasteiger partial charge in [0.2, 0.25) is 0 Å². The predicted octanol–water partition coefficient (Wildman–Crippen LogP) is -0.810. The SMILES string of the molecule is CCNC(=O)C(=O)NCCCN(C)C. The summed E-state index contributed by atoms with van der Waals surface area (Å²) in [5.74, 6) is -1.11. The summed E-state index contributed by atoms with van der Waals surface area (Å²) in [6.45, 7) is 3.69. The van der Waals surface area contributed by atoms with Crippen LogP contribution in [-0.4, -0.2) is 50.4 Å². The molecule has 0 bridgehead atoms. The van der Waals surface area contributed by atoms with Crippen LogP contribution in [0, 0.1) is 0 Å². The molecular weight excluding hydrogens is 182 g/mol. The summed E-state index contributed by atoms with van der Waals surface area (Å²) in [6, 6.07) is 0. The van der Waals surface area contributed by atoms with Crippen molar-refractivity contribution in [1.82, 2.24) is 15.5 Å². The van der Waals surface area contributed by atoms with Gasteiger partial charge in [0, 0.05) is 13.1 Å². The Morgan fingerprint density at radius 2 is 1.71 bits per heavy atom. The number of hydrogen-bond donors (Lipinski definition) is 2. The minimum absolute atomic E-state index is 0.476. The second-order valence-electron chi connectivity index (χ2n) is 3.27. The zero-order valence-corrected chi connectivity index (χ0v) is 9.09. The van der Waals surface area contributed by atoms with E-state index in [2.05, 4.69) is 10.6 Å². The number of likely N-dealkylation sites (N-methyl/N-ethyl adjacent to an activating group) is 1. The standard InChI is InChI=1S/C9H19N3O2/c1-4-10-8(13)9(14)11-6-5-7-12(2)3/h4-7H2,1-3H3,(H,10,13)(H,11,14). The maximum Gasteiger partial charge on any atom is 0.309 e. The smallest absolute Gasteiger partial charge is 0.309 e. The van der Waals surface area contributed by atoms with Crippen LogP contribution in [0.3, 0.4) is 0 Å². The van der Waals surface area contributed by atoms with Crippen LogP contribution in [0.2, 0.25) is 0 Å². The van der Waals surface area contributed by atoms with Gasteiger partial charge in [-0.3, -0.25) is 9.59 Å². The Kier molecular flexibility index (Phi) is 6.74. The van der Waals surface area contributed by atoms with Crippen molar-refractivity contribution in [3.63, 3.8) is 0 Å². The lowest BCUT2D eigenvalue weighted by Gasteiger charge is -2.09. The minimum Gasteiger partial charge on any atom is -0.348 e. The first-order valence-corrected chi connectivity index (χ1v) is 4.78. The molecule has 5 heteroatoms. The topological polar surface area (TPSA) is 61.4 Å². The second-order valence-corrected chi connectivity index (χ2v) is 3.27. The van der Waals surface area contributed by atoms with Crippen LogP contribution in [0.4, 0.5) is 0 Å². The van der Waals surface area contributed by atoms with Gasteiger partial charge in [0.1, 0.15) is 0 Å². The van der Waals surface area contributed by atoms with Gasteiger partial charge in [-0.15, -0.1) is 0 Å². The average molecular weight is 201 g/mol. The first-order valence-electron chi connectivity index (χ1n) is 4.78. The van der Waals surface area contributed by atoms with Crippen molar-refractivity contribution in [2.45, 2.75) is 13.3 Å². The van der Waals surface area contributed by atoms with Gasteiger partial charge >= 0.3 is 11.8 Å². The zero-order valence-electron chi connectivity index (χ0n) is 9.09. The Balaban J connectivity index is 3.49. The number of carbonyl (C=O) groups is 2. The molecule has 0 unspecified atom stereocenters.